The van der Waals surface area contributed by atoms with E-state index < -0.39 is 0 Å². The number of aromatic nitrogens is 3. The third kappa shape index (κ3) is 3.51. The van der Waals surface area contributed by atoms with Crippen molar-refractivity contribution in [3.05, 3.63) is 48.4 Å². The Balaban J connectivity index is 1.49. The van der Waals surface area contributed by atoms with Gasteiger partial charge in [0.1, 0.15) is 18.1 Å². The molecule has 134 valence electrons. The smallest absolute Gasteiger partial charge is 0.274 e. The second kappa shape index (κ2) is 7.11. The normalized spacial score (nSPS) is 14.7. The zero-order valence-electron chi connectivity index (χ0n) is 14.2. The van der Waals surface area contributed by atoms with Crippen LogP contribution < -0.4 is 5.32 Å². The zero-order chi connectivity index (χ0) is 17.9. The fraction of sp³-hybridized carbons (Fsp3) is 0.316. The summed E-state index contributed by atoms with van der Waals surface area (Å²) in [5.74, 6) is 0.360. The van der Waals surface area contributed by atoms with E-state index in [1.54, 1.807) is 16.7 Å². The average Bonchev–Trinajstić information content (AvgIpc) is 3.36. The summed E-state index contributed by atoms with van der Waals surface area (Å²) in [6.07, 6.45) is 6.26. The van der Waals surface area contributed by atoms with Crippen LogP contribution in [-0.2, 0) is 11.3 Å². The fourth-order valence-corrected chi connectivity index (χ4v) is 3.29. The van der Waals surface area contributed by atoms with Gasteiger partial charge in [0, 0.05) is 17.8 Å². The number of carbonyl (C=O) groups is 1. The van der Waals surface area contributed by atoms with E-state index in [0.29, 0.717) is 23.0 Å². The maximum absolute atomic E-state index is 13.0. The molecular formula is C19H19FN4O2. The van der Waals surface area contributed by atoms with Gasteiger partial charge in [0.05, 0.1) is 0 Å². The Kier molecular flexibility index (Phi) is 4.51. The monoisotopic (exact) mass is 354 g/mol. The van der Waals surface area contributed by atoms with Crippen LogP contribution in [0.2, 0.25) is 0 Å². The summed E-state index contributed by atoms with van der Waals surface area (Å²) in [5, 5.41) is 7.02. The lowest BCUT2D eigenvalue weighted by atomic mass is 10.2. The van der Waals surface area contributed by atoms with Crippen LogP contribution in [0.5, 0.6) is 0 Å². The highest BCUT2D eigenvalue weighted by Crippen LogP contribution is 2.23. The van der Waals surface area contributed by atoms with E-state index in [2.05, 4.69) is 15.5 Å². The summed E-state index contributed by atoms with van der Waals surface area (Å²) in [6, 6.07) is 9.83. The van der Waals surface area contributed by atoms with Crippen LogP contribution in [0.4, 0.5) is 4.39 Å². The molecule has 1 aliphatic rings. The molecule has 26 heavy (non-hydrogen) atoms. The van der Waals surface area contributed by atoms with Crippen LogP contribution in [0, 0.1) is 5.82 Å². The first-order valence-electron chi connectivity index (χ1n) is 8.73. The largest absolute Gasteiger partial charge is 0.352 e. The molecule has 0 saturated heterocycles. The molecule has 4 rings (SSSR count). The molecule has 0 spiro atoms. The summed E-state index contributed by atoms with van der Waals surface area (Å²) in [5.41, 5.74) is 1.34. The van der Waals surface area contributed by atoms with Gasteiger partial charge in [0.15, 0.2) is 0 Å². The van der Waals surface area contributed by atoms with Crippen molar-refractivity contribution in [2.75, 3.05) is 0 Å². The quantitative estimate of drug-likeness (QED) is 0.762. The number of amides is 1. The molecule has 1 aromatic carbocycles. The molecular weight excluding hydrogens is 335 g/mol. The van der Waals surface area contributed by atoms with Crippen molar-refractivity contribution in [2.45, 2.75) is 38.3 Å². The van der Waals surface area contributed by atoms with Gasteiger partial charge in [-0.2, -0.15) is 4.98 Å². The van der Waals surface area contributed by atoms with Crippen molar-refractivity contribution in [3.8, 4) is 23.0 Å². The van der Waals surface area contributed by atoms with Gasteiger partial charge in [-0.25, -0.2) is 4.39 Å². The van der Waals surface area contributed by atoms with E-state index in [4.69, 9.17) is 4.52 Å². The number of rotatable bonds is 5. The Morgan fingerprint density at radius 2 is 2.00 bits per heavy atom. The molecule has 1 N–H and O–H groups in total. The molecule has 0 radical (unpaired) electrons. The molecule has 1 amide bonds. The summed E-state index contributed by atoms with van der Waals surface area (Å²) in [6.45, 7) is 0.201. The van der Waals surface area contributed by atoms with E-state index >= 15 is 0 Å². The van der Waals surface area contributed by atoms with Crippen LogP contribution in [0.1, 0.15) is 25.7 Å². The molecule has 3 aromatic rings. The van der Waals surface area contributed by atoms with Gasteiger partial charge in [-0.15, -0.1) is 0 Å². The first-order valence-corrected chi connectivity index (χ1v) is 8.73. The second-order valence-corrected chi connectivity index (χ2v) is 6.50. The zero-order valence-corrected chi connectivity index (χ0v) is 14.2. The van der Waals surface area contributed by atoms with Crippen molar-refractivity contribution in [1.29, 1.82) is 0 Å². The predicted molar refractivity (Wildman–Crippen MR) is 93.5 cm³/mol. The molecule has 6 nitrogen and oxygen atoms in total. The molecule has 7 heteroatoms. The van der Waals surface area contributed by atoms with Crippen molar-refractivity contribution >= 4 is 5.91 Å². The minimum absolute atomic E-state index is 0.0207. The topological polar surface area (TPSA) is 73.0 Å². The molecule has 1 aliphatic carbocycles. The number of hydrogen-bond acceptors (Lipinski definition) is 4. The van der Waals surface area contributed by atoms with Crippen LogP contribution >= 0.6 is 0 Å². The molecule has 0 unspecified atom stereocenters. The van der Waals surface area contributed by atoms with E-state index in [9.17, 15) is 9.18 Å². The van der Waals surface area contributed by atoms with E-state index in [-0.39, 0.29) is 24.3 Å². The highest BCUT2D eigenvalue weighted by Gasteiger charge is 2.19. The number of carbonyl (C=O) groups excluding carboxylic acids is 1. The van der Waals surface area contributed by atoms with Gasteiger partial charge >= 0.3 is 0 Å². The van der Waals surface area contributed by atoms with Gasteiger partial charge in [-0.3, -0.25) is 4.79 Å². The maximum Gasteiger partial charge on any atom is 0.274 e. The Morgan fingerprint density at radius 1 is 1.23 bits per heavy atom. The van der Waals surface area contributed by atoms with Crippen LogP contribution in [0.25, 0.3) is 23.0 Å². The lowest BCUT2D eigenvalue weighted by molar-refractivity contribution is -0.122. The molecule has 1 saturated carbocycles. The van der Waals surface area contributed by atoms with E-state index in [1.807, 2.05) is 18.3 Å². The number of nitrogens with zero attached hydrogens (tertiary/aromatic N) is 3. The van der Waals surface area contributed by atoms with Crippen molar-refractivity contribution < 1.29 is 13.7 Å². The number of benzene rings is 1. The van der Waals surface area contributed by atoms with Gasteiger partial charge in [0.2, 0.25) is 11.7 Å². The van der Waals surface area contributed by atoms with Crippen LogP contribution in [0.15, 0.2) is 47.1 Å². The van der Waals surface area contributed by atoms with Gasteiger partial charge in [-0.1, -0.05) is 18.0 Å². The molecule has 0 atom stereocenters. The van der Waals surface area contributed by atoms with Crippen molar-refractivity contribution in [2.24, 2.45) is 0 Å². The third-order valence-electron chi connectivity index (χ3n) is 4.61. The molecule has 2 aromatic heterocycles. The van der Waals surface area contributed by atoms with E-state index in [0.717, 1.165) is 12.8 Å². The van der Waals surface area contributed by atoms with Gasteiger partial charge in [-0.05, 0) is 49.2 Å². The number of hydrogen-bond donors (Lipinski definition) is 1. The Morgan fingerprint density at radius 3 is 2.77 bits per heavy atom. The summed E-state index contributed by atoms with van der Waals surface area (Å²) < 4.78 is 20.2. The summed E-state index contributed by atoms with van der Waals surface area (Å²) in [4.78, 5) is 16.6. The fourth-order valence-electron chi connectivity index (χ4n) is 3.29. The Bertz CT molecular complexity index is 894. The standard InChI is InChI=1S/C19H19FN4O2/c20-14-9-7-13(8-10-14)18-22-19(26-23-18)16-6-3-11-24(16)12-17(25)21-15-4-1-2-5-15/h3,6-11,15H,1-2,4-5,12H2,(H,21,25). The maximum atomic E-state index is 13.0. The number of halogens is 1. The minimum atomic E-state index is -0.320. The Hall–Kier alpha value is -2.96. The molecule has 0 bridgehead atoms. The Labute approximate surface area is 150 Å². The van der Waals surface area contributed by atoms with Crippen molar-refractivity contribution in [3.63, 3.8) is 0 Å². The van der Waals surface area contributed by atoms with Gasteiger partial charge < -0.3 is 14.4 Å². The minimum Gasteiger partial charge on any atom is -0.352 e. The third-order valence-corrected chi connectivity index (χ3v) is 4.61. The SMILES string of the molecule is O=C(Cn1cccc1-c1nc(-c2ccc(F)cc2)no1)NC1CCCC1. The van der Waals surface area contributed by atoms with Crippen molar-refractivity contribution in [1.82, 2.24) is 20.0 Å². The van der Waals surface area contributed by atoms with Gasteiger partial charge in [0.25, 0.3) is 5.89 Å². The highest BCUT2D eigenvalue weighted by atomic mass is 19.1. The highest BCUT2D eigenvalue weighted by molar-refractivity contribution is 5.76. The van der Waals surface area contributed by atoms with E-state index in [1.165, 1.54) is 25.0 Å². The molecule has 0 aliphatic heterocycles. The molecule has 1 fully saturated rings. The molecule has 2 heterocycles. The lowest BCUT2D eigenvalue weighted by Crippen LogP contribution is -2.35. The summed E-state index contributed by atoms with van der Waals surface area (Å²) >= 11 is 0. The average molecular weight is 354 g/mol. The second-order valence-electron chi connectivity index (χ2n) is 6.50. The number of nitrogens with one attached hydrogen (secondary N) is 1. The summed E-state index contributed by atoms with van der Waals surface area (Å²) in [7, 11) is 0. The first kappa shape index (κ1) is 16.5. The lowest BCUT2D eigenvalue weighted by Gasteiger charge is -2.13. The predicted octanol–water partition coefficient (Wildman–Crippen LogP) is 3.40. The van der Waals surface area contributed by atoms with Crippen LogP contribution in [0.3, 0.4) is 0 Å². The first-order chi connectivity index (χ1) is 12.7. The van der Waals surface area contributed by atoms with Crippen LogP contribution in [-0.4, -0.2) is 26.7 Å².